The Labute approximate surface area is 107 Å². The highest BCUT2D eigenvalue weighted by Crippen LogP contribution is 1.98. The van der Waals surface area contributed by atoms with Crippen molar-refractivity contribution in [1.82, 2.24) is 10.6 Å². The van der Waals surface area contributed by atoms with Crippen LogP contribution in [0, 0.1) is 0 Å². The average Bonchev–Trinajstić information content (AvgIpc) is 2.26. The summed E-state index contributed by atoms with van der Waals surface area (Å²) >= 11 is 3.97. The molecule has 0 aliphatic heterocycles. The summed E-state index contributed by atoms with van der Waals surface area (Å²) in [6, 6.07) is 9.52. The van der Waals surface area contributed by atoms with E-state index < -0.39 is 5.37 Å². The molecule has 0 aliphatic rings. The summed E-state index contributed by atoms with van der Waals surface area (Å²) in [5.74, 6) is -0.600. The lowest BCUT2D eigenvalue weighted by Gasteiger charge is -2.11. The van der Waals surface area contributed by atoms with Crippen LogP contribution in [-0.2, 0) is 16.1 Å². The fourth-order valence-electron chi connectivity index (χ4n) is 1.14. The summed E-state index contributed by atoms with van der Waals surface area (Å²) in [6.07, 6.45) is 0. The highest BCUT2D eigenvalue weighted by Gasteiger charge is 2.13. The lowest BCUT2D eigenvalue weighted by Crippen LogP contribution is -2.42. The van der Waals surface area contributed by atoms with Crippen LogP contribution in [0.5, 0.6) is 0 Å². The van der Waals surface area contributed by atoms with E-state index in [0.717, 1.165) is 5.56 Å². The topological polar surface area (TPSA) is 58.2 Å². The van der Waals surface area contributed by atoms with E-state index in [1.807, 2.05) is 30.3 Å². The van der Waals surface area contributed by atoms with Crippen molar-refractivity contribution in [1.29, 1.82) is 0 Å². The molecule has 1 aromatic carbocycles. The number of carbonyl (C=O) groups excluding carboxylic acids is 2. The van der Waals surface area contributed by atoms with Gasteiger partial charge in [-0.15, -0.1) is 12.6 Å². The Hall–Kier alpha value is -1.49. The molecule has 2 amide bonds. The molecule has 0 heterocycles. The van der Waals surface area contributed by atoms with E-state index in [2.05, 4.69) is 23.3 Å². The smallest absolute Gasteiger partial charge is 0.253 e. The number of rotatable bonds is 4. The monoisotopic (exact) mass is 254 g/mol. The van der Waals surface area contributed by atoms with Crippen molar-refractivity contribution in [3.05, 3.63) is 35.9 Å². The quantitative estimate of drug-likeness (QED) is 0.561. The summed E-state index contributed by atoms with van der Waals surface area (Å²) < 4.78 is 0. The largest absolute Gasteiger partial charge is 0.349 e. The lowest BCUT2D eigenvalue weighted by atomic mass is 10.2. The van der Waals surface area contributed by atoms with Crippen molar-refractivity contribution in [2.75, 3.05) is 0 Å². The van der Waals surface area contributed by atoms with Gasteiger partial charge in [-0.2, -0.15) is 0 Å². The molecule has 0 fully saturated rings. The molecule has 1 atom stereocenters. The molecule has 5 heteroatoms. The van der Waals surface area contributed by atoms with Gasteiger partial charge < -0.3 is 10.6 Å². The van der Waals surface area contributed by atoms with Gasteiger partial charge in [0.05, 0.1) is 0 Å². The maximum Gasteiger partial charge on any atom is 0.253 e. The number of benzene rings is 1. The van der Waals surface area contributed by atoms with Gasteiger partial charge in [0.25, 0.3) is 5.91 Å². The predicted octanol–water partition coefficient (Wildman–Crippen LogP) is 1.33. The number of thiol groups is 1. The standard InChI is InChI=1S/C11H14N2O2S.CH4/c1-8(14)13-11(16)10(15)12-7-9-5-3-2-4-6-9;/h2-6,11,16H,7H2,1H3,(H,12,15)(H,13,14);1H4. The molecule has 4 nitrogen and oxygen atoms in total. The second kappa shape index (κ2) is 7.73. The Morgan fingerprint density at radius 2 is 1.88 bits per heavy atom. The molecule has 0 aliphatic carbocycles. The highest BCUT2D eigenvalue weighted by atomic mass is 32.1. The van der Waals surface area contributed by atoms with Crippen LogP contribution >= 0.6 is 12.6 Å². The van der Waals surface area contributed by atoms with E-state index >= 15 is 0 Å². The van der Waals surface area contributed by atoms with Crippen molar-refractivity contribution in [3.63, 3.8) is 0 Å². The predicted molar refractivity (Wildman–Crippen MR) is 71.6 cm³/mol. The molecular formula is C12H18N2O2S. The van der Waals surface area contributed by atoms with Gasteiger partial charge in [0.2, 0.25) is 5.91 Å². The van der Waals surface area contributed by atoms with Gasteiger partial charge in [0.15, 0.2) is 5.37 Å². The van der Waals surface area contributed by atoms with E-state index in [4.69, 9.17) is 0 Å². The van der Waals surface area contributed by atoms with Crippen molar-refractivity contribution in [2.45, 2.75) is 26.3 Å². The van der Waals surface area contributed by atoms with Crippen molar-refractivity contribution in [2.24, 2.45) is 0 Å². The first-order valence-corrected chi connectivity index (χ1v) is 5.38. The number of amides is 2. The fraction of sp³-hybridized carbons (Fsp3) is 0.333. The van der Waals surface area contributed by atoms with Crippen LogP contribution in [0.4, 0.5) is 0 Å². The normalized spacial score (nSPS) is 10.9. The number of hydrogen-bond donors (Lipinski definition) is 3. The molecule has 94 valence electrons. The van der Waals surface area contributed by atoms with Gasteiger partial charge in [0, 0.05) is 13.5 Å². The van der Waals surface area contributed by atoms with Crippen LogP contribution in [0.1, 0.15) is 19.9 Å². The Balaban J connectivity index is 0.00000256. The van der Waals surface area contributed by atoms with Gasteiger partial charge in [-0.05, 0) is 5.56 Å². The number of carbonyl (C=O) groups is 2. The van der Waals surface area contributed by atoms with Crippen molar-refractivity contribution >= 4 is 24.4 Å². The van der Waals surface area contributed by atoms with E-state index in [-0.39, 0.29) is 19.2 Å². The van der Waals surface area contributed by atoms with Crippen LogP contribution in [0.25, 0.3) is 0 Å². The van der Waals surface area contributed by atoms with Crippen LogP contribution < -0.4 is 10.6 Å². The second-order valence-electron chi connectivity index (χ2n) is 3.31. The summed E-state index contributed by atoms with van der Waals surface area (Å²) in [4.78, 5) is 22.1. The summed E-state index contributed by atoms with van der Waals surface area (Å²) in [6.45, 7) is 1.77. The molecule has 2 N–H and O–H groups in total. The molecule has 1 unspecified atom stereocenters. The van der Waals surface area contributed by atoms with Gasteiger partial charge in [-0.25, -0.2) is 0 Å². The summed E-state index contributed by atoms with van der Waals surface area (Å²) in [7, 11) is 0. The summed E-state index contributed by atoms with van der Waals surface area (Å²) in [5.41, 5.74) is 0.999. The van der Waals surface area contributed by atoms with Crippen molar-refractivity contribution in [3.8, 4) is 0 Å². The molecule has 0 spiro atoms. The zero-order valence-electron chi connectivity index (χ0n) is 8.93. The molecule has 17 heavy (non-hydrogen) atoms. The molecule has 1 aromatic rings. The van der Waals surface area contributed by atoms with Gasteiger partial charge in [0.1, 0.15) is 0 Å². The molecular weight excluding hydrogens is 236 g/mol. The van der Waals surface area contributed by atoms with Crippen LogP contribution in [-0.4, -0.2) is 17.2 Å². The minimum absolute atomic E-state index is 0. The van der Waals surface area contributed by atoms with Crippen molar-refractivity contribution < 1.29 is 9.59 Å². The third-order valence-corrected chi connectivity index (χ3v) is 2.26. The van der Waals surface area contributed by atoms with Crippen LogP contribution in [0.15, 0.2) is 30.3 Å². The summed E-state index contributed by atoms with van der Waals surface area (Å²) in [5, 5.41) is 4.26. The average molecular weight is 254 g/mol. The molecule has 0 bridgehead atoms. The third kappa shape index (κ3) is 5.97. The van der Waals surface area contributed by atoms with Gasteiger partial charge in [-0.3, -0.25) is 9.59 Å². The van der Waals surface area contributed by atoms with E-state index in [1.165, 1.54) is 6.92 Å². The third-order valence-electron chi connectivity index (χ3n) is 1.90. The van der Waals surface area contributed by atoms with E-state index in [0.29, 0.717) is 6.54 Å². The fourth-order valence-corrected chi connectivity index (χ4v) is 1.41. The number of hydrogen-bond acceptors (Lipinski definition) is 3. The minimum Gasteiger partial charge on any atom is -0.349 e. The van der Waals surface area contributed by atoms with Gasteiger partial charge >= 0.3 is 0 Å². The highest BCUT2D eigenvalue weighted by molar-refractivity contribution is 7.81. The maximum absolute atomic E-state index is 11.4. The molecule has 0 aromatic heterocycles. The Morgan fingerprint density at radius 3 is 2.41 bits per heavy atom. The SMILES string of the molecule is C.CC(=O)NC(S)C(=O)NCc1ccccc1. The van der Waals surface area contributed by atoms with E-state index in [1.54, 1.807) is 0 Å². The molecule has 0 saturated carbocycles. The first kappa shape index (κ1) is 15.5. The van der Waals surface area contributed by atoms with Crippen LogP contribution in [0.2, 0.25) is 0 Å². The Morgan fingerprint density at radius 1 is 1.29 bits per heavy atom. The molecule has 0 saturated heterocycles. The Kier molecular flexibility index (Phi) is 7.05. The first-order valence-electron chi connectivity index (χ1n) is 4.86. The van der Waals surface area contributed by atoms with Crippen LogP contribution in [0.3, 0.4) is 0 Å². The molecule has 1 rings (SSSR count). The zero-order chi connectivity index (χ0) is 12.0. The van der Waals surface area contributed by atoms with Gasteiger partial charge in [-0.1, -0.05) is 37.8 Å². The lowest BCUT2D eigenvalue weighted by molar-refractivity contribution is -0.125. The Bertz CT molecular complexity index is 368. The number of nitrogens with one attached hydrogen (secondary N) is 2. The zero-order valence-corrected chi connectivity index (χ0v) is 9.83. The second-order valence-corrected chi connectivity index (χ2v) is 3.82. The molecule has 0 radical (unpaired) electrons. The first-order chi connectivity index (χ1) is 7.59. The maximum atomic E-state index is 11.4. The van der Waals surface area contributed by atoms with E-state index in [9.17, 15) is 9.59 Å². The minimum atomic E-state index is -0.804.